The summed E-state index contributed by atoms with van der Waals surface area (Å²) in [6.45, 7) is 2.58. The van der Waals surface area contributed by atoms with Crippen LogP contribution in [-0.2, 0) is 16.9 Å². The summed E-state index contributed by atoms with van der Waals surface area (Å²) < 4.78 is 5.78. The molecule has 2 aromatic rings. The molecule has 1 fully saturated rings. The molecule has 0 saturated carbocycles. The quantitative estimate of drug-likeness (QED) is 0.919. The van der Waals surface area contributed by atoms with Crippen LogP contribution in [0.2, 0.25) is 0 Å². The third-order valence-corrected chi connectivity index (χ3v) is 4.29. The molecule has 0 bridgehead atoms. The second-order valence-corrected chi connectivity index (χ2v) is 5.77. The van der Waals surface area contributed by atoms with Crippen LogP contribution in [0.1, 0.15) is 21.5 Å². The number of ether oxygens (including phenoxy) is 1. The lowest BCUT2D eigenvalue weighted by Crippen LogP contribution is -2.59. The maximum absolute atomic E-state index is 11.1. The normalized spacial score (nSPS) is 17.0. The lowest BCUT2D eigenvalue weighted by molar-refractivity contribution is -0.134. The topological polar surface area (TPSA) is 55.6 Å². The van der Waals surface area contributed by atoms with Crippen LogP contribution >= 0.6 is 0 Å². The summed E-state index contributed by atoms with van der Waals surface area (Å²) in [5, 5.41) is 0. The van der Waals surface area contributed by atoms with Crippen LogP contribution in [0.15, 0.2) is 54.6 Å². The number of rotatable bonds is 5. The molecule has 2 N–H and O–H groups in total. The molecule has 1 saturated heterocycles. The molecule has 0 aromatic heterocycles. The first-order valence-electron chi connectivity index (χ1n) is 7.35. The first-order chi connectivity index (χ1) is 10.6. The second kappa shape index (κ2) is 5.91. The summed E-state index contributed by atoms with van der Waals surface area (Å²) in [6.07, 6.45) is 0. The van der Waals surface area contributed by atoms with Gasteiger partial charge in [0.05, 0.1) is 0 Å². The van der Waals surface area contributed by atoms with Gasteiger partial charge in [0.1, 0.15) is 5.60 Å². The van der Waals surface area contributed by atoms with Gasteiger partial charge in [-0.25, -0.2) is 0 Å². The molecule has 3 rings (SSSR count). The van der Waals surface area contributed by atoms with Gasteiger partial charge in [-0.15, -0.1) is 0 Å². The van der Waals surface area contributed by atoms with E-state index in [0.29, 0.717) is 5.56 Å². The molecule has 114 valence electrons. The molecule has 22 heavy (non-hydrogen) atoms. The zero-order valence-corrected chi connectivity index (χ0v) is 12.7. The minimum absolute atomic E-state index is 0.200. The van der Waals surface area contributed by atoms with E-state index in [9.17, 15) is 4.79 Å². The van der Waals surface area contributed by atoms with E-state index in [-0.39, 0.29) is 5.60 Å². The predicted molar refractivity (Wildman–Crippen MR) is 85.4 cm³/mol. The highest BCUT2D eigenvalue weighted by Gasteiger charge is 2.44. The van der Waals surface area contributed by atoms with Gasteiger partial charge in [-0.1, -0.05) is 42.5 Å². The maximum Gasteiger partial charge on any atom is 0.248 e. The Morgan fingerprint density at radius 1 is 1.14 bits per heavy atom. The monoisotopic (exact) mass is 296 g/mol. The van der Waals surface area contributed by atoms with Crippen molar-refractivity contribution in [2.24, 2.45) is 5.73 Å². The van der Waals surface area contributed by atoms with E-state index < -0.39 is 5.91 Å². The van der Waals surface area contributed by atoms with Gasteiger partial charge in [-0.2, -0.15) is 0 Å². The third kappa shape index (κ3) is 2.75. The van der Waals surface area contributed by atoms with Crippen molar-refractivity contribution < 1.29 is 9.53 Å². The molecular weight excluding hydrogens is 276 g/mol. The minimum Gasteiger partial charge on any atom is -0.371 e. The number of hydrogen-bond acceptors (Lipinski definition) is 3. The molecule has 1 amide bonds. The summed E-state index contributed by atoms with van der Waals surface area (Å²) in [6, 6.07) is 17.8. The van der Waals surface area contributed by atoms with Crippen LogP contribution in [-0.4, -0.2) is 31.0 Å². The zero-order chi connectivity index (χ0) is 15.6. The van der Waals surface area contributed by atoms with Crippen LogP contribution in [0, 0.1) is 0 Å². The average molecular weight is 296 g/mol. The molecule has 1 heterocycles. The number of carbonyl (C=O) groups is 1. The fraction of sp³-hybridized carbons (Fsp3) is 0.278. The number of benzene rings is 2. The van der Waals surface area contributed by atoms with Crippen molar-refractivity contribution in [3.8, 4) is 0 Å². The molecule has 0 spiro atoms. The second-order valence-electron chi connectivity index (χ2n) is 5.77. The highest BCUT2D eigenvalue weighted by Crippen LogP contribution is 2.35. The van der Waals surface area contributed by atoms with Crippen molar-refractivity contribution in [2.75, 3.05) is 20.2 Å². The molecule has 0 aliphatic carbocycles. The SMILES string of the molecule is COC1(c2ccccc2)CN(Cc2ccc(C(N)=O)cc2)C1. The fourth-order valence-corrected chi connectivity index (χ4v) is 2.99. The van der Waals surface area contributed by atoms with Gasteiger partial charge >= 0.3 is 0 Å². The van der Waals surface area contributed by atoms with Crippen LogP contribution in [0.25, 0.3) is 0 Å². The minimum atomic E-state index is -0.391. The number of nitrogens with zero attached hydrogens (tertiary/aromatic N) is 1. The Hall–Kier alpha value is -2.17. The molecular formula is C18H20N2O2. The van der Waals surface area contributed by atoms with Crippen molar-refractivity contribution in [1.82, 2.24) is 4.90 Å². The number of primary amides is 1. The summed E-state index contributed by atoms with van der Waals surface area (Å²) in [5.74, 6) is -0.391. The Morgan fingerprint density at radius 2 is 1.77 bits per heavy atom. The van der Waals surface area contributed by atoms with Crippen molar-refractivity contribution >= 4 is 5.91 Å². The van der Waals surface area contributed by atoms with E-state index in [2.05, 4.69) is 17.0 Å². The van der Waals surface area contributed by atoms with E-state index in [1.54, 1.807) is 19.2 Å². The third-order valence-electron chi connectivity index (χ3n) is 4.29. The van der Waals surface area contributed by atoms with Crippen molar-refractivity contribution in [1.29, 1.82) is 0 Å². The van der Waals surface area contributed by atoms with E-state index in [1.165, 1.54) is 11.1 Å². The van der Waals surface area contributed by atoms with E-state index in [1.807, 2.05) is 30.3 Å². The van der Waals surface area contributed by atoms with E-state index in [0.717, 1.165) is 19.6 Å². The van der Waals surface area contributed by atoms with Gasteiger partial charge in [-0.3, -0.25) is 9.69 Å². The van der Waals surface area contributed by atoms with Crippen molar-refractivity contribution in [3.05, 3.63) is 71.3 Å². The van der Waals surface area contributed by atoms with Crippen molar-refractivity contribution in [2.45, 2.75) is 12.1 Å². The smallest absolute Gasteiger partial charge is 0.248 e. The van der Waals surface area contributed by atoms with Gasteiger partial charge < -0.3 is 10.5 Å². The highest BCUT2D eigenvalue weighted by atomic mass is 16.5. The van der Waals surface area contributed by atoms with Crippen LogP contribution in [0.5, 0.6) is 0 Å². The van der Waals surface area contributed by atoms with Crippen LogP contribution in [0.4, 0.5) is 0 Å². The van der Waals surface area contributed by atoms with Gasteiger partial charge in [0.25, 0.3) is 0 Å². The van der Waals surface area contributed by atoms with Crippen LogP contribution in [0.3, 0.4) is 0 Å². The molecule has 1 aliphatic rings. The average Bonchev–Trinajstić information content (AvgIpc) is 2.52. The summed E-state index contributed by atoms with van der Waals surface area (Å²) in [4.78, 5) is 13.4. The number of amides is 1. The number of carbonyl (C=O) groups excluding carboxylic acids is 1. The number of nitrogens with two attached hydrogens (primary N) is 1. The number of likely N-dealkylation sites (tertiary alicyclic amines) is 1. The Bertz CT molecular complexity index is 647. The first-order valence-corrected chi connectivity index (χ1v) is 7.35. The molecule has 0 unspecified atom stereocenters. The summed E-state index contributed by atoms with van der Waals surface area (Å²) in [7, 11) is 1.77. The van der Waals surface area contributed by atoms with Gasteiger partial charge in [0.15, 0.2) is 0 Å². The summed E-state index contributed by atoms with van der Waals surface area (Å²) in [5.41, 5.74) is 7.99. The lowest BCUT2D eigenvalue weighted by Gasteiger charge is -2.49. The van der Waals surface area contributed by atoms with Crippen LogP contribution < -0.4 is 5.73 Å². The predicted octanol–water partition coefficient (Wildman–Crippen LogP) is 2.14. The molecule has 4 nitrogen and oxygen atoms in total. The lowest BCUT2D eigenvalue weighted by atomic mass is 9.85. The fourth-order valence-electron chi connectivity index (χ4n) is 2.99. The van der Waals surface area contributed by atoms with Crippen molar-refractivity contribution in [3.63, 3.8) is 0 Å². The molecule has 2 aromatic carbocycles. The summed E-state index contributed by atoms with van der Waals surface area (Å²) >= 11 is 0. The van der Waals surface area contributed by atoms with E-state index in [4.69, 9.17) is 10.5 Å². The highest BCUT2D eigenvalue weighted by molar-refractivity contribution is 5.92. The first kappa shape index (κ1) is 14.8. The van der Waals surface area contributed by atoms with Gasteiger partial charge in [-0.05, 0) is 23.3 Å². The van der Waals surface area contributed by atoms with Gasteiger partial charge in [0.2, 0.25) is 5.91 Å². The Labute approximate surface area is 130 Å². The van der Waals surface area contributed by atoms with Gasteiger partial charge in [0, 0.05) is 32.3 Å². The molecule has 0 radical (unpaired) electrons. The molecule has 0 atom stereocenters. The zero-order valence-electron chi connectivity index (χ0n) is 12.7. The van der Waals surface area contributed by atoms with E-state index >= 15 is 0 Å². The Kier molecular flexibility index (Phi) is 3.96. The molecule has 4 heteroatoms. The standard InChI is InChI=1S/C18H20N2O2/c1-22-18(16-5-3-2-4-6-16)12-20(13-18)11-14-7-9-15(10-8-14)17(19)21/h2-10H,11-13H2,1H3,(H2,19,21). The maximum atomic E-state index is 11.1. The Morgan fingerprint density at radius 3 is 2.32 bits per heavy atom. The number of hydrogen-bond donors (Lipinski definition) is 1. The number of methoxy groups -OCH3 is 1. The molecule has 1 aliphatic heterocycles. The largest absolute Gasteiger partial charge is 0.371 e. The Balaban J connectivity index is 1.64.